The Bertz CT molecular complexity index is 642. The maximum Gasteiger partial charge on any atom is 0.116 e. The maximum atomic E-state index is 9.57. The predicted molar refractivity (Wildman–Crippen MR) is 102 cm³/mol. The molecule has 0 unspecified atom stereocenters. The molecule has 126 valence electrons. The quantitative estimate of drug-likeness (QED) is 0.817. The topological polar surface area (TPSA) is 35.5 Å². The summed E-state index contributed by atoms with van der Waals surface area (Å²) in [7, 11) is 0. The average molecular weight is 355 g/mol. The zero-order valence-electron chi connectivity index (χ0n) is 13.1. The van der Waals surface area contributed by atoms with Gasteiger partial charge in [-0.15, -0.1) is 31.4 Å². The standard InChI is InChI=1S/C18H22N2O.2ClH/c1-2-3-18(20-10-8-19-9-11-20)16-5-4-15-13-17(21)7-6-14(15)12-16;;/h2,4-7,12-13,18-19,21H,1,3,8-11H2;2*1H/t18-;;/m0../s1. The highest BCUT2D eigenvalue weighted by Gasteiger charge is 2.21. The first-order chi connectivity index (χ1) is 10.3. The van der Waals surface area contributed by atoms with Crippen LogP contribution in [0.15, 0.2) is 49.1 Å². The van der Waals surface area contributed by atoms with Gasteiger partial charge in [-0.3, -0.25) is 4.90 Å². The van der Waals surface area contributed by atoms with E-state index in [4.69, 9.17) is 0 Å². The molecule has 2 aromatic carbocycles. The Labute approximate surface area is 150 Å². The van der Waals surface area contributed by atoms with Gasteiger partial charge in [0.2, 0.25) is 0 Å². The Balaban J connectivity index is 0.00000132. The van der Waals surface area contributed by atoms with Crippen LogP contribution in [0.2, 0.25) is 0 Å². The fraction of sp³-hybridized carbons (Fsp3) is 0.333. The summed E-state index contributed by atoms with van der Waals surface area (Å²) < 4.78 is 0. The van der Waals surface area contributed by atoms with Crippen LogP contribution in [0.4, 0.5) is 0 Å². The summed E-state index contributed by atoms with van der Waals surface area (Å²) >= 11 is 0. The third-order valence-corrected chi connectivity index (χ3v) is 4.21. The molecule has 0 aromatic heterocycles. The summed E-state index contributed by atoms with van der Waals surface area (Å²) in [5.74, 6) is 0.319. The number of piperazine rings is 1. The van der Waals surface area contributed by atoms with E-state index in [-0.39, 0.29) is 24.8 Å². The van der Waals surface area contributed by atoms with E-state index in [1.807, 2.05) is 18.2 Å². The van der Waals surface area contributed by atoms with E-state index >= 15 is 0 Å². The van der Waals surface area contributed by atoms with Crippen LogP contribution < -0.4 is 5.32 Å². The highest BCUT2D eigenvalue weighted by molar-refractivity contribution is 5.86. The lowest BCUT2D eigenvalue weighted by atomic mass is 9.98. The molecule has 1 heterocycles. The fourth-order valence-corrected chi connectivity index (χ4v) is 3.11. The van der Waals surface area contributed by atoms with Crippen molar-refractivity contribution in [2.45, 2.75) is 12.5 Å². The van der Waals surface area contributed by atoms with Crippen LogP contribution in [0, 0.1) is 0 Å². The second kappa shape index (κ2) is 9.14. The van der Waals surface area contributed by atoms with Gasteiger partial charge in [-0.05, 0) is 41.0 Å². The summed E-state index contributed by atoms with van der Waals surface area (Å²) in [4.78, 5) is 2.53. The van der Waals surface area contributed by atoms with E-state index in [9.17, 15) is 5.11 Å². The van der Waals surface area contributed by atoms with Crippen molar-refractivity contribution in [1.82, 2.24) is 10.2 Å². The molecule has 1 fully saturated rings. The molecule has 2 N–H and O–H groups in total. The van der Waals surface area contributed by atoms with E-state index in [1.165, 1.54) is 10.9 Å². The molecule has 3 nitrogen and oxygen atoms in total. The molecular weight excluding hydrogens is 331 g/mol. The molecule has 1 aliphatic heterocycles. The average Bonchev–Trinajstić information content (AvgIpc) is 2.53. The molecule has 0 saturated carbocycles. The Morgan fingerprint density at radius 3 is 2.43 bits per heavy atom. The molecule has 1 aliphatic rings. The molecule has 0 aliphatic carbocycles. The molecule has 3 rings (SSSR count). The molecule has 0 radical (unpaired) electrons. The van der Waals surface area contributed by atoms with Crippen molar-refractivity contribution in [2.24, 2.45) is 0 Å². The zero-order chi connectivity index (χ0) is 14.7. The molecule has 0 bridgehead atoms. The van der Waals surface area contributed by atoms with Crippen LogP contribution in [-0.4, -0.2) is 36.2 Å². The summed E-state index contributed by atoms with van der Waals surface area (Å²) in [5.41, 5.74) is 1.33. The first-order valence-corrected chi connectivity index (χ1v) is 7.56. The lowest BCUT2D eigenvalue weighted by Gasteiger charge is -2.35. The van der Waals surface area contributed by atoms with Gasteiger partial charge in [0.1, 0.15) is 5.75 Å². The van der Waals surface area contributed by atoms with Crippen molar-refractivity contribution in [3.8, 4) is 5.75 Å². The van der Waals surface area contributed by atoms with Crippen LogP contribution in [0.1, 0.15) is 18.0 Å². The number of phenolic OH excluding ortho intramolecular Hbond substituents is 1. The number of nitrogens with one attached hydrogen (secondary N) is 1. The van der Waals surface area contributed by atoms with E-state index in [2.05, 4.69) is 35.0 Å². The largest absolute Gasteiger partial charge is 0.508 e. The number of phenols is 1. The van der Waals surface area contributed by atoms with E-state index in [0.717, 1.165) is 38.0 Å². The number of benzene rings is 2. The Morgan fingerprint density at radius 2 is 1.74 bits per heavy atom. The summed E-state index contributed by atoms with van der Waals surface area (Å²) in [6.45, 7) is 8.17. The predicted octanol–water partition coefficient (Wildman–Crippen LogP) is 3.91. The molecule has 0 spiro atoms. The van der Waals surface area contributed by atoms with Gasteiger partial charge in [-0.2, -0.15) is 0 Å². The van der Waals surface area contributed by atoms with Gasteiger partial charge in [0.25, 0.3) is 0 Å². The smallest absolute Gasteiger partial charge is 0.116 e. The summed E-state index contributed by atoms with van der Waals surface area (Å²) in [6, 6.07) is 12.5. The number of rotatable bonds is 4. The molecule has 5 heteroatoms. The van der Waals surface area contributed by atoms with E-state index < -0.39 is 0 Å². The van der Waals surface area contributed by atoms with Gasteiger partial charge in [-0.25, -0.2) is 0 Å². The van der Waals surface area contributed by atoms with Crippen molar-refractivity contribution >= 4 is 35.6 Å². The second-order valence-corrected chi connectivity index (χ2v) is 5.62. The van der Waals surface area contributed by atoms with Gasteiger partial charge in [0, 0.05) is 32.2 Å². The maximum absolute atomic E-state index is 9.57. The SMILES string of the molecule is C=CC[C@@H](c1ccc2cc(O)ccc2c1)N1CCNCC1.Cl.Cl. The Morgan fingerprint density at radius 1 is 1.09 bits per heavy atom. The number of hydrogen-bond acceptors (Lipinski definition) is 3. The molecule has 1 saturated heterocycles. The fourth-order valence-electron chi connectivity index (χ4n) is 3.11. The minimum atomic E-state index is 0. The lowest BCUT2D eigenvalue weighted by molar-refractivity contribution is 0.174. The van der Waals surface area contributed by atoms with Crippen LogP contribution in [0.3, 0.4) is 0 Å². The third kappa shape index (κ3) is 4.61. The van der Waals surface area contributed by atoms with Gasteiger partial charge in [0.15, 0.2) is 0 Å². The van der Waals surface area contributed by atoms with E-state index in [0.29, 0.717) is 11.8 Å². The highest BCUT2D eigenvalue weighted by atomic mass is 35.5. The summed E-state index contributed by atoms with van der Waals surface area (Å²) in [5, 5.41) is 15.2. The monoisotopic (exact) mass is 354 g/mol. The Hall–Kier alpha value is -1.26. The molecule has 0 amide bonds. The van der Waals surface area contributed by atoms with E-state index in [1.54, 1.807) is 6.07 Å². The second-order valence-electron chi connectivity index (χ2n) is 5.62. The lowest BCUT2D eigenvalue weighted by Crippen LogP contribution is -2.45. The summed E-state index contributed by atoms with van der Waals surface area (Å²) in [6.07, 6.45) is 2.97. The highest BCUT2D eigenvalue weighted by Crippen LogP contribution is 2.29. The molecule has 2 aromatic rings. The molecular formula is C18H24Cl2N2O. The number of halogens is 2. The third-order valence-electron chi connectivity index (χ3n) is 4.21. The normalized spacial score (nSPS) is 16.2. The van der Waals surface area contributed by atoms with Gasteiger partial charge in [0.05, 0.1) is 0 Å². The van der Waals surface area contributed by atoms with Crippen molar-refractivity contribution in [2.75, 3.05) is 26.2 Å². The van der Waals surface area contributed by atoms with Gasteiger partial charge < -0.3 is 10.4 Å². The first kappa shape index (κ1) is 19.8. The van der Waals surface area contributed by atoms with Crippen LogP contribution in [0.25, 0.3) is 10.8 Å². The van der Waals surface area contributed by atoms with Crippen molar-refractivity contribution in [3.63, 3.8) is 0 Å². The van der Waals surface area contributed by atoms with Crippen molar-refractivity contribution < 1.29 is 5.11 Å². The molecule has 1 atom stereocenters. The molecule has 23 heavy (non-hydrogen) atoms. The Kier molecular flexibility index (Phi) is 7.86. The minimum absolute atomic E-state index is 0. The number of hydrogen-bond donors (Lipinski definition) is 2. The first-order valence-electron chi connectivity index (χ1n) is 7.56. The minimum Gasteiger partial charge on any atom is -0.508 e. The number of fused-ring (bicyclic) bond motifs is 1. The van der Waals surface area contributed by atoms with Crippen LogP contribution >= 0.6 is 24.8 Å². The van der Waals surface area contributed by atoms with Crippen molar-refractivity contribution in [3.05, 3.63) is 54.6 Å². The number of nitrogens with zero attached hydrogens (tertiary/aromatic N) is 1. The number of aromatic hydroxyl groups is 1. The van der Waals surface area contributed by atoms with Gasteiger partial charge >= 0.3 is 0 Å². The van der Waals surface area contributed by atoms with Gasteiger partial charge in [-0.1, -0.05) is 24.3 Å². The van der Waals surface area contributed by atoms with Crippen LogP contribution in [-0.2, 0) is 0 Å². The van der Waals surface area contributed by atoms with Crippen LogP contribution in [0.5, 0.6) is 5.75 Å². The zero-order valence-corrected chi connectivity index (χ0v) is 14.7. The van der Waals surface area contributed by atoms with Crippen molar-refractivity contribution in [1.29, 1.82) is 0 Å².